The second-order valence-corrected chi connectivity index (χ2v) is 7.06. The van der Waals surface area contributed by atoms with Gasteiger partial charge in [-0.15, -0.1) is 20.4 Å². The number of hydrogen-bond acceptors (Lipinski definition) is 7. The summed E-state index contributed by atoms with van der Waals surface area (Å²) >= 11 is 0. The summed E-state index contributed by atoms with van der Waals surface area (Å²) in [6.45, 7) is 3.80. The van der Waals surface area contributed by atoms with Gasteiger partial charge in [-0.3, -0.25) is 0 Å². The van der Waals surface area contributed by atoms with Gasteiger partial charge in [-0.2, -0.15) is 0 Å². The number of rotatable bonds is 5. The van der Waals surface area contributed by atoms with E-state index in [-0.39, 0.29) is 0 Å². The second kappa shape index (κ2) is 7.87. The predicted octanol–water partition coefficient (Wildman–Crippen LogP) is 5.86. The van der Waals surface area contributed by atoms with Crippen LogP contribution >= 0.6 is 0 Å². The van der Waals surface area contributed by atoms with Gasteiger partial charge in [-0.25, -0.2) is 0 Å². The molecule has 0 bridgehead atoms. The summed E-state index contributed by atoms with van der Waals surface area (Å²) in [7, 11) is 0. The van der Waals surface area contributed by atoms with Crippen molar-refractivity contribution in [3.63, 3.8) is 0 Å². The van der Waals surface area contributed by atoms with Crippen molar-refractivity contribution in [2.24, 2.45) is 0 Å². The van der Waals surface area contributed by atoms with E-state index in [1.54, 1.807) is 6.92 Å². The van der Waals surface area contributed by atoms with Crippen LogP contribution in [-0.4, -0.2) is 20.4 Å². The Kier molecular flexibility index (Phi) is 4.76. The fourth-order valence-electron chi connectivity index (χ4n) is 3.03. The monoisotopic (exact) mass is 410 g/mol. The summed E-state index contributed by atoms with van der Waals surface area (Å²) in [4.78, 5) is 0. The molecule has 0 spiro atoms. The molecule has 7 nitrogen and oxygen atoms in total. The van der Waals surface area contributed by atoms with E-state index in [2.05, 4.69) is 20.4 Å². The van der Waals surface area contributed by atoms with Crippen LogP contribution in [0.2, 0.25) is 0 Å². The third kappa shape index (κ3) is 4.06. The van der Waals surface area contributed by atoms with Gasteiger partial charge in [0.25, 0.3) is 0 Å². The van der Waals surface area contributed by atoms with Gasteiger partial charge in [0, 0.05) is 23.6 Å². The van der Waals surface area contributed by atoms with Gasteiger partial charge in [-0.1, -0.05) is 17.7 Å². The minimum absolute atomic E-state index is 0.434. The molecule has 3 aromatic carbocycles. The SMILES string of the molecule is Cc1ccc(Oc2ccc(-c3nnc(-c4ccc(-c5nnc(C)o5)cc4)o3)cc2)cc1. The highest BCUT2D eigenvalue weighted by Crippen LogP contribution is 2.28. The maximum absolute atomic E-state index is 5.86. The van der Waals surface area contributed by atoms with Crippen molar-refractivity contribution in [2.45, 2.75) is 13.8 Å². The van der Waals surface area contributed by atoms with Crippen LogP contribution in [-0.2, 0) is 0 Å². The molecule has 0 atom stereocenters. The van der Waals surface area contributed by atoms with Crippen LogP contribution in [0.1, 0.15) is 11.5 Å². The Balaban J connectivity index is 1.31. The molecule has 2 aromatic heterocycles. The largest absolute Gasteiger partial charge is 0.457 e. The average Bonchev–Trinajstić information content (AvgIpc) is 3.46. The van der Waals surface area contributed by atoms with Crippen molar-refractivity contribution < 1.29 is 13.6 Å². The molecule has 5 aromatic rings. The lowest BCUT2D eigenvalue weighted by Gasteiger charge is -2.06. The Morgan fingerprint density at radius 3 is 1.42 bits per heavy atom. The Morgan fingerprint density at radius 2 is 0.935 bits per heavy atom. The molecule has 0 fully saturated rings. The quantitative estimate of drug-likeness (QED) is 0.358. The van der Waals surface area contributed by atoms with Crippen molar-refractivity contribution >= 4 is 0 Å². The second-order valence-electron chi connectivity index (χ2n) is 7.06. The minimum atomic E-state index is 0.434. The minimum Gasteiger partial charge on any atom is -0.457 e. The lowest BCUT2D eigenvalue weighted by Crippen LogP contribution is -1.85. The van der Waals surface area contributed by atoms with E-state index in [4.69, 9.17) is 13.6 Å². The number of aryl methyl sites for hydroxylation is 2. The zero-order chi connectivity index (χ0) is 21.2. The molecule has 0 aliphatic carbocycles. The number of hydrogen-bond donors (Lipinski definition) is 0. The average molecular weight is 410 g/mol. The zero-order valence-electron chi connectivity index (χ0n) is 16.9. The first-order valence-electron chi connectivity index (χ1n) is 9.73. The summed E-state index contributed by atoms with van der Waals surface area (Å²) in [5.41, 5.74) is 3.63. The third-order valence-corrected chi connectivity index (χ3v) is 4.69. The summed E-state index contributed by atoms with van der Waals surface area (Å²) in [5, 5.41) is 16.2. The molecule has 0 saturated carbocycles. The normalized spacial score (nSPS) is 10.9. The smallest absolute Gasteiger partial charge is 0.248 e. The molecule has 0 saturated heterocycles. The lowest BCUT2D eigenvalue weighted by molar-refractivity contribution is 0.482. The molecular formula is C24H18N4O3. The van der Waals surface area contributed by atoms with E-state index in [1.807, 2.05) is 79.7 Å². The molecule has 2 heterocycles. The summed E-state index contributed by atoms with van der Waals surface area (Å²) in [5.74, 6) is 3.40. The fraction of sp³-hybridized carbons (Fsp3) is 0.0833. The molecule has 31 heavy (non-hydrogen) atoms. The first-order chi connectivity index (χ1) is 15.1. The Bertz CT molecular complexity index is 1300. The first kappa shape index (κ1) is 18.7. The van der Waals surface area contributed by atoms with E-state index in [9.17, 15) is 0 Å². The van der Waals surface area contributed by atoms with Crippen LogP contribution in [0.15, 0.2) is 81.6 Å². The van der Waals surface area contributed by atoms with Crippen LogP contribution in [0.4, 0.5) is 0 Å². The summed E-state index contributed by atoms with van der Waals surface area (Å²) < 4.78 is 17.2. The van der Waals surface area contributed by atoms with Gasteiger partial charge in [-0.05, 0) is 67.6 Å². The van der Waals surface area contributed by atoms with E-state index < -0.39 is 0 Å². The predicted molar refractivity (Wildman–Crippen MR) is 114 cm³/mol. The van der Waals surface area contributed by atoms with Gasteiger partial charge in [0.15, 0.2) is 0 Å². The fourth-order valence-corrected chi connectivity index (χ4v) is 3.03. The van der Waals surface area contributed by atoms with Crippen LogP contribution in [0, 0.1) is 13.8 Å². The maximum atomic E-state index is 5.86. The van der Waals surface area contributed by atoms with Crippen LogP contribution in [0.25, 0.3) is 34.4 Å². The Morgan fingerprint density at radius 1 is 0.516 bits per heavy atom. The number of nitrogens with zero attached hydrogens (tertiary/aromatic N) is 4. The highest BCUT2D eigenvalue weighted by molar-refractivity contribution is 5.63. The van der Waals surface area contributed by atoms with Gasteiger partial charge in [0.2, 0.25) is 23.6 Å². The van der Waals surface area contributed by atoms with E-state index in [0.717, 1.165) is 28.2 Å². The summed E-state index contributed by atoms with van der Waals surface area (Å²) in [6, 6.07) is 23.0. The Hall–Kier alpha value is -4.26. The van der Waals surface area contributed by atoms with E-state index in [0.29, 0.717) is 23.6 Å². The van der Waals surface area contributed by atoms with Crippen LogP contribution < -0.4 is 4.74 Å². The topological polar surface area (TPSA) is 87.1 Å². The highest BCUT2D eigenvalue weighted by atomic mass is 16.5. The van der Waals surface area contributed by atoms with Crippen molar-refractivity contribution in [3.05, 3.63) is 84.3 Å². The van der Waals surface area contributed by atoms with Crippen molar-refractivity contribution in [3.8, 4) is 45.9 Å². The summed E-state index contributed by atoms with van der Waals surface area (Å²) in [6.07, 6.45) is 0. The van der Waals surface area contributed by atoms with E-state index in [1.165, 1.54) is 5.56 Å². The van der Waals surface area contributed by atoms with Gasteiger partial charge in [0.1, 0.15) is 11.5 Å². The molecule has 0 aliphatic heterocycles. The molecule has 5 rings (SSSR count). The first-order valence-corrected chi connectivity index (χ1v) is 9.73. The number of aromatic nitrogens is 4. The third-order valence-electron chi connectivity index (χ3n) is 4.69. The number of benzene rings is 3. The van der Waals surface area contributed by atoms with Crippen molar-refractivity contribution in [2.75, 3.05) is 0 Å². The molecule has 0 aliphatic rings. The van der Waals surface area contributed by atoms with Gasteiger partial charge < -0.3 is 13.6 Å². The molecule has 0 amide bonds. The lowest BCUT2D eigenvalue weighted by atomic mass is 10.1. The molecule has 0 radical (unpaired) electrons. The highest BCUT2D eigenvalue weighted by Gasteiger charge is 2.12. The standard InChI is InChI=1S/C24H18N4O3/c1-15-3-11-20(12-4-15)30-21-13-9-19(10-14-21)24-28-27-23(31-24)18-7-5-17(6-8-18)22-26-25-16(2)29-22/h3-14H,1-2H3. The zero-order valence-corrected chi connectivity index (χ0v) is 16.9. The molecule has 152 valence electrons. The number of ether oxygens (including phenoxy) is 1. The van der Waals surface area contributed by atoms with Crippen LogP contribution in [0.5, 0.6) is 11.5 Å². The van der Waals surface area contributed by atoms with Gasteiger partial charge >= 0.3 is 0 Å². The molecule has 0 N–H and O–H groups in total. The molecule has 7 heteroatoms. The van der Waals surface area contributed by atoms with Crippen molar-refractivity contribution in [1.82, 2.24) is 20.4 Å². The maximum Gasteiger partial charge on any atom is 0.248 e. The molecular weight excluding hydrogens is 392 g/mol. The molecule has 0 unspecified atom stereocenters. The van der Waals surface area contributed by atoms with Crippen LogP contribution in [0.3, 0.4) is 0 Å². The van der Waals surface area contributed by atoms with Gasteiger partial charge in [0.05, 0.1) is 0 Å². The van der Waals surface area contributed by atoms with Crippen molar-refractivity contribution in [1.29, 1.82) is 0 Å². The Labute approximate surface area is 178 Å². The van der Waals surface area contributed by atoms with E-state index >= 15 is 0 Å².